The van der Waals surface area contributed by atoms with Gasteiger partial charge in [-0.15, -0.1) is 0 Å². The molecule has 0 aromatic rings. The van der Waals surface area contributed by atoms with Gasteiger partial charge in [-0.2, -0.15) is 0 Å². The molecule has 0 spiro atoms. The second-order valence-corrected chi connectivity index (χ2v) is 3.03. The average molecular weight is 233 g/mol. The largest absolute Gasteiger partial charge is 0.394 e. The van der Waals surface area contributed by atoms with Crippen LogP contribution < -0.4 is 0 Å². The summed E-state index contributed by atoms with van der Waals surface area (Å²) in [6, 6.07) is 0. The van der Waals surface area contributed by atoms with E-state index in [-0.39, 0.29) is 26.4 Å². The molecule has 0 bridgehead atoms. The zero-order valence-electron chi connectivity index (χ0n) is 9.52. The van der Waals surface area contributed by atoms with Crippen LogP contribution in [0.1, 0.15) is 19.8 Å². The SMILES string of the molecule is C=C(CCC)C(=O)N(OCCO)OCCO. The van der Waals surface area contributed by atoms with E-state index >= 15 is 0 Å². The summed E-state index contributed by atoms with van der Waals surface area (Å²) < 4.78 is 0. The van der Waals surface area contributed by atoms with Gasteiger partial charge in [0.2, 0.25) is 0 Å². The summed E-state index contributed by atoms with van der Waals surface area (Å²) in [5.41, 5.74) is 0.360. The number of aliphatic hydroxyl groups is 2. The predicted molar refractivity (Wildman–Crippen MR) is 57.0 cm³/mol. The molecule has 0 rings (SSSR count). The minimum absolute atomic E-state index is 0.0590. The lowest BCUT2D eigenvalue weighted by molar-refractivity contribution is -0.342. The Kier molecular flexibility index (Phi) is 8.74. The molecule has 94 valence electrons. The summed E-state index contributed by atoms with van der Waals surface area (Å²) in [6.07, 6.45) is 1.33. The number of aliphatic hydroxyl groups excluding tert-OH is 2. The van der Waals surface area contributed by atoms with Gasteiger partial charge in [0.25, 0.3) is 5.91 Å². The van der Waals surface area contributed by atoms with Crippen LogP contribution in [0.3, 0.4) is 0 Å². The standard InChI is InChI=1S/C10H19NO5/c1-3-4-9(2)10(14)11(15-7-5-12)16-8-6-13/h12-13H,2-8H2,1H3. The number of rotatable bonds is 9. The van der Waals surface area contributed by atoms with Gasteiger partial charge in [0.1, 0.15) is 13.2 Å². The van der Waals surface area contributed by atoms with E-state index in [1.807, 2.05) is 6.92 Å². The number of nitrogens with zero attached hydrogens (tertiary/aromatic N) is 1. The summed E-state index contributed by atoms with van der Waals surface area (Å²) in [5, 5.41) is 17.8. The van der Waals surface area contributed by atoms with E-state index < -0.39 is 5.91 Å². The maximum atomic E-state index is 11.7. The van der Waals surface area contributed by atoms with Gasteiger partial charge in [0.15, 0.2) is 0 Å². The van der Waals surface area contributed by atoms with Crippen LogP contribution in [0.4, 0.5) is 0 Å². The molecule has 0 unspecified atom stereocenters. The van der Waals surface area contributed by atoms with E-state index in [1.54, 1.807) is 0 Å². The van der Waals surface area contributed by atoms with E-state index in [4.69, 9.17) is 19.9 Å². The Morgan fingerprint density at radius 3 is 2.12 bits per heavy atom. The lowest BCUT2D eigenvalue weighted by Crippen LogP contribution is -2.34. The highest BCUT2D eigenvalue weighted by molar-refractivity contribution is 5.91. The van der Waals surface area contributed by atoms with E-state index in [9.17, 15) is 4.79 Å². The fourth-order valence-corrected chi connectivity index (χ4v) is 0.940. The van der Waals surface area contributed by atoms with Crippen molar-refractivity contribution in [2.45, 2.75) is 19.8 Å². The Bertz CT molecular complexity index is 211. The molecule has 0 saturated heterocycles. The number of hydrogen-bond donors (Lipinski definition) is 2. The van der Waals surface area contributed by atoms with E-state index in [0.717, 1.165) is 6.42 Å². The zero-order chi connectivity index (χ0) is 12.4. The Labute approximate surface area is 95.0 Å². The molecular weight excluding hydrogens is 214 g/mol. The van der Waals surface area contributed by atoms with Gasteiger partial charge in [-0.1, -0.05) is 25.2 Å². The molecule has 0 atom stereocenters. The molecule has 1 amide bonds. The maximum Gasteiger partial charge on any atom is 0.299 e. The lowest BCUT2D eigenvalue weighted by atomic mass is 10.2. The molecule has 0 radical (unpaired) electrons. The second kappa shape index (κ2) is 9.29. The molecular formula is C10H19NO5. The first-order valence-corrected chi connectivity index (χ1v) is 5.17. The van der Waals surface area contributed by atoms with Crippen molar-refractivity contribution in [3.05, 3.63) is 12.2 Å². The third-order valence-corrected chi connectivity index (χ3v) is 1.62. The van der Waals surface area contributed by atoms with Gasteiger partial charge in [-0.05, 0) is 6.42 Å². The number of hydrogen-bond acceptors (Lipinski definition) is 5. The lowest BCUT2D eigenvalue weighted by Gasteiger charge is -2.20. The fraction of sp³-hybridized carbons (Fsp3) is 0.700. The predicted octanol–water partition coefficient (Wildman–Crippen LogP) is 0.0191. The molecule has 0 saturated carbocycles. The van der Waals surface area contributed by atoms with Gasteiger partial charge < -0.3 is 10.2 Å². The van der Waals surface area contributed by atoms with Crippen LogP contribution in [-0.2, 0) is 14.5 Å². The Morgan fingerprint density at radius 1 is 1.25 bits per heavy atom. The van der Waals surface area contributed by atoms with Crippen molar-refractivity contribution in [3.8, 4) is 0 Å². The molecule has 0 aliphatic rings. The normalized spacial score (nSPS) is 10.2. The van der Waals surface area contributed by atoms with Crippen LogP contribution in [0.25, 0.3) is 0 Å². The summed E-state index contributed by atoms with van der Waals surface area (Å²) in [6.45, 7) is 4.95. The Balaban J connectivity index is 4.23. The van der Waals surface area contributed by atoms with Crippen molar-refractivity contribution in [1.29, 1.82) is 0 Å². The quantitative estimate of drug-likeness (QED) is 0.433. The minimum Gasteiger partial charge on any atom is -0.394 e. The summed E-state index contributed by atoms with van der Waals surface area (Å²) in [5.74, 6) is -0.497. The highest BCUT2D eigenvalue weighted by Crippen LogP contribution is 2.08. The van der Waals surface area contributed by atoms with Crippen molar-refractivity contribution in [2.75, 3.05) is 26.4 Å². The van der Waals surface area contributed by atoms with Crippen molar-refractivity contribution in [3.63, 3.8) is 0 Å². The van der Waals surface area contributed by atoms with E-state index in [2.05, 4.69) is 6.58 Å². The van der Waals surface area contributed by atoms with Crippen molar-refractivity contribution >= 4 is 5.91 Å². The molecule has 16 heavy (non-hydrogen) atoms. The van der Waals surface area contributed by atoms with Crippen molar-refractivity contribution < 1.29 is 24.7 Å². The molecule has 6 heteroatoms. The maximum absolute atomic E-state index is 11.7. The number of amides is 1. The molecule has 0 fully saturated rings. The van der Waals surface area contributed by atoms with Crippen LogP contribution in [0.15, 0.2) is 12.2 Å². The van der Waals surface area contributed by atoms with Gasteiger partial charge in [-0.25, -0.2) is 9.68 Å². The minimum atomic E-state index is -0.497. The summed E-state index contributed by atoms with van der Waals surface area (Å²) in [4.78, 5) is 21.4. The van der Waals surface area contributed by atoms with Gasteiger partial charge in [0.05, 0.1) is 13.2 Å². The molecule has 0 aromatic heterocycles. The zero-order valence-corrected chi connectivity index (χ0v) is 9.52. The summed E-state index contributed by atoms with van der Waals surface area (Å²) >= 11 is 0. The Hall–Kier alpha value is -0.950. The van der Waals surface area contributed by atoms with Crippen molar-refractivity contribution in [2.24, 2.45) is 0 Å². The molecule has 0 aromatic carbocycles. The van der Waals surface area contributed by atoms with Gasteiger partial charge in [-0.3, -0.25) is 4.79 Å². The first-order valence-electron chi connectivity index (χ1n) is 5.17. The highest BCUT2D eigenvalue weighted by Gasteiger charge is 2.18. The topological polar surface area (TPSA) is 79.2 Å². The smallest absolute Gasteiger partial charge is 0.299 e. The van der Waals surface area contributed by atoms with Crippen LogP contribution >= 0.6 is 0 Å². The highest BCUT2D eigenvalue weighted by atomic mass is 17.0. The third kappa shape index (κ3) is 5.82. The van der Waals surface area contributed by atoms with Crippen molar-refractivity contribution in [1.82, 2.24) is 5.23 Å². The summed E-state index contributed by atoms with van der Waals surface area (Å²) in [7, 11) is 0. The van der Waals surface area contributed by atoms with Crippen LogP contribution in [0, 0.1) is 0 Å². The van der Waals surface area contributed by atoms with Gasteiger partial charge in [0, 0.05) is 5.57 Å². The third-order valence-electron chi connectivity index (χ3n) is 1.62. The molecule has 2 N–H and O–H groups in total. The van der Waals surface area contributed by atoms with E-state index in [1.165, 1.54) is 0 Å². The average Bonchev–Trinajstić information content (AvgIpc) is 2.29. The molecule has 6 nitrogen and oxygen atoms in total. The fourth-order valence-electron chi connectivity index (χ4n) is 0.940. The molecule has 0 heterocycles. The van der Waals surface area contributed by atoms with Gasteiger partial charge >= 0.3 is 0 Å². The monoisotopic (exact) mass is 233 g/mol. The number of hydroxylamine groups is 2. The van der Waals surface area contributed by atoms with Crippen LogP contribution in [0.5, 0.6) is 0 Å². The second-order valence-electron chi connectivity index (χ2n) is 3.03. The van der Waals surface area contributed by atoms with Crippen LogP contribution in [0.2, 0.25) is 0 Å². The van der Waals surface area contributed by atoms with Crippen LogP contribution in [-0.4, -0.2) is 47.8 Å². The first kappa shape index (κ1) is 15.0. The number of carbonyl (C=O) groups is 1. The first-order chi connectivity index (χ1) is 7.67. The molecule has 0 aliphatic carbocycles. The molecule has 0 aliphatic heterocycles. The number of carbonyl (C=O) groups excluding carboxylic acids is 1. The Morgan fingerprint density at radius 2 is 1.75 bits per heavy atom. The van der Waals surface area contributed by atoms with E-state index in [0.29, 0.717) is 17.2 Å².